The van der Waals surface area contributed by atoms with Gasteiger partial charge in [0.1, 0.15) is 18.2 Å². The molecule has 0 spiro atoms. The van der Waals surface area contributed by atoms with Crippen LogP contribution in [0, 0.1) is 12.7 Å². The summed E-state index contributed by atoms with van der Waals surface area (Å²) in [6, 6.07) is 19.7. The molecule has 134 valence electrons. The lowest BCUT2D eigenvalue weighted by molar-refractivity contribution is 0.306. The summed E-state index contributed by atoms with van der Waals surface area (Å²) >= 11 is 0. The molecule has 0 radical (unpaired) electrons. The number of halogens is 1. The molecule has 1 N–H and O–H groups in total. The van der Waals surface area contributed by atoms with Gasteiger partial charge in [-0.2, -0.15) is 0 Å². The topological polar surface area (TPSA) is 55.4 Å². The van der Waals surface area contributed by atoms with E-state index in [1.165, 1.54) is 24.3 Å². The van der Waals surface area contributed by atoms with Gasteiger partial charge in [0.15, 0.2) is 0 Å². The summed E-state index contributed by atoms with van der Waals surface area (Å²) < 4.78 is 46.4. The smallest absolute Gasteiger partial charge is 0.261 e. The Labute approximate surface area is 152 Å². The standard InChI is InChI=1S/C20H18FNO3S/c1-15-7-8-17(21)13-20(15)22-26(23,24)19-11-9-18(10-12-19)25-14-16-5-3-2-4-6-16/h2-13,22H,14H2,1H3. The van der Waals surface area contributed by atoms with Gasteiger partial charge < -0.3 is 4.74 Å². The molecule has 0 aliphatic heterocycles. The lowest BCUT2D eigenvalue weighted by Gasteiger charge is -2.11. The quantitative estimate of drug-likeness (QED) is 0.693. The molecule has 0 amide bonds. The van der Waals surface area contributed by atoms with E-state index < -0.39 is 15.8 Å². The maximum atomic E-state index is 13.4. The summed E-state index contributed by atoms with van der Waals surface area (Å²) in [5.74, 6) is 0.0627. The minimum absolute atomic E-state index is 0.0771. The molecule has 3 aromatic rings. The largest absolute Gasteiger partial charge is 0.489 e. The van der Waals surface area contributed by atoms with Crippen molar-refractivity contribution in [1.29, 1.82) is 0 Å². The minimum Gasteiger partial charge on any atom is -0.489 e. The summed E-state index contributed by atoms with van der Waals surface area (Å²) in [5.41, 5.74) is 1.87. The van der Waals surface area contributed by atoms with Crippen molar-refractivity contribution in [3.63, 3.8) is 0 Å². The Balaban J connectivity index is 1.71. The van der Waals surface area contributed by atoms with Crippen LogP contribution in [0.5, 0.6) is 5.75 Å². The molecule has 0 fully saturated rings. The predicted molar refractivity (Wildman–Crippen MR) is 99.2 cm³/mol. The van der Waals surface area contributed by atoms with Crippen molar-refractivity contribution in [2.24, 2.45) is 0 Å². The maximum absolute atomic E-state index is 13.4. The van der Waals surface area contributed by atoms with Crippen molar-refractivity contribution in [3.8, 4) is 5.75 Å². The predicted octanol–water partition coefficient (Wildman–Crippen LogP) is 4.51. The average molecular weight is 371 g/mol. The van der Waals surface area contributed by atoms with Crippen LogP contribution in [0.25, 0.3) is 0 Å². The molecule has 3 aromatic carbocycles. The first-order valence-corrected chi connectivity index (χ1v) is 9.48. The SMILES string of the molecule is Cc1ccc(F)cc1NS(=O)(=O)c1ccc(OCc2ccccc2)cc1. The molecule has 0 atom stereocenters. The molecule has 3 rings (SSSR count). The maximum Gasteiger partial charge on any atom is 0.261 e. The lowest BCUT2D eigenvalue weighted by Crippen LogP contribution is -2.13. The van der Waals surface area contributed by atoms with Crippen LogP contribution in [0.2, 0.25) is 0 Å². The second kappa shape index (κ2) is 7.58. The number of nitrogens with one attached hydrogen (secondary N) is 1. The molecule has 0 aromatic heterocycles. The Morgan fingerprint density at radius 2 is 1.65 bits per heavy atom. The zero-order chi connectivity index (χ0) is 18.6. The number of hydrogen-bond donors (Lipinski definition) is 1. The van der Waals surface area contributed by atoms with E-state index in [1.807, 2.05) is 30.3 Å². The third-order valence-electron chi connectivity index (χ3n) is 3.83. The van der Waals surface area contributed by atoms with Crippen LogP contribution in [0.15, 0.2) is 77.7 Å². The van der Waals surface area contributed by atoms with Gasteiger partial charge in [0.05, 0.1) is 10.6 Å². The molecule has 0 aliphatic rings. The van der Waals surface area contributed by atoms with E-state index in [0.29, 0.717) is 17.9 Å². The van der Waals surface area contributed by atoms with Gasteiger partial charge in [0.2, 0.25) is 0 Å². The second-order valence-corrected chi connectivity index (χ2v) is 7.49. The first-order chi connectivity index (χ1) is 12.4. The molecular weight excluding hydrogens is 353 g/mol. The molecule has 26 heavy (non-hydrogen) atoms. The van der Waals surface area contributed by atoms with Crippen molar-refractivity contribution in [2.75, 3.05) is 4.72 Å². The van der Waals surface area contributed by atoms with E-state index in [2.05, 4.69) is 4.72 Å². The molecule has 4 nitrogen and oxygen atoms in total. The van der Waals surface area contributed by atoms with Gasteiger partial charge >= 0.3 is 0 Å². The van der Waals surface area contributed by atoms with E-state index in [4.69, 9.17) is 4.74 Å². The fraction of sp³-hybridized carbons (Fsp3) is 0.100. The monoisotopic (exact) mass is 371 g/mol. The molecule has 0 bridgehead atoms. The highest BCUT2D eigenvalue weighted by molar-refractivity contribution is 7.92. The summed E-state index contributed by atoms with van der Waals surface area (Å²) in [4.78, 5) is 0.0771. The van der Waals surface area contributed by atoms with Gasteiger partial charge in [-0.25, -0.2) is 12.8 Å². The van der Waals surface area contributed by atoms with Crippen molar-refractivity contribution >= 4 is 15.7 Å². The lowest BCUT2D eigenvalue weighted by atomic mass is 10.2. The van der Waals surface area contributed by atoms with E-state index in [0.717, 1.165) is 11.6 Å². The van der Waals surface area contributed by atoms with Crippen LogP contribution in [-0.4, -0.2) is 8.42 Å². The Hall–Kier alpha value is -2.86. The minimum atomic E-state index is -3.81. The van der Waals surface area contributed by atoms with Crippen molar-refractivity contribution in [3.05, 3.63) is 89.7 Å². The van der Waals surface area contributed by atoms with Crippen LogP contribution in [0.4, 0.5) is 10.1 Å². The van der Waals surface area contributed by atoms with E-state index >= 15 is 0 Å². The number of anilines is 1. The molecular formula is C20H18FNO3S. The first kappa shape index (κ1) is 17.9. The van der Waals surface area contributed by atoms with Crippen LogP contribution in [0.3, 0.4) is 0 Å². The highest BCUT2D eigenvalue weighted by atomic mass is 32.2. The number of aryl methyl sites for hydroxylation is 1. The fourth-order valence-electron chi connectivity index (χ4n) is 2.36. The molecule has 0 aliphatic carbocycles. The Morgan fingerprint density at radius 3 is 2.35 bits per heavy atom. The van der Waals surface area contributed by atoms with Gasteiger partial charge in [-0.3, -0.25) is 4.72 Å². The molecule has 6 heteroatoms. The van der Waals surface area contributed by atoms with Crippen LogP contribution < -0.4 is 9.46 Å². The van der Waals surface area contributed by atoms with E-state index in [9.17, 15) is 12.8 Å². The summed E-state index contributed by atoms with van der Waals surface area (Å²) in [5, 5.41) is 0. The van der Waals surface area contributed by atoms with E-state index in [-0.39, 0.29) is 10.6 Å². The fourth-order valence-corrected chi connectivity index (χ4v) is 3.49. The van der Waals surface area contributed by atoms with Crippen LogP contribution >= 0.6 is 0 Å². The number of ether oxygens (including phenoxy) is 1. The molecule has 0 heterocycles. The van der Waals surface area contributed by atoms with Gasteiger partial charge in [0.25, 0.3) is 10.0 Å². The summed E-state index contributed by atoms with van der Waals surface area (Å²) in [6.45, 7) is 2.10. The summed E-state index contributed by atoms with van der Waals surface area (Å²) in [7, 11) is -3.81. The average Bonchev–Trinajstić information content (AvgIpc) is 2.64. The number of sulfonamides is 1. The van der Waals surface area contributed by atoms with Gasteiger partial charge in [-0.05, 0) is 54.4 Å². The Morgan fingerprint density at radius 1 is 0.962 bits per heavy atom. The van der Waals surface area contributed by atoms with Crippen molar-refractivity contribution < 1.29 is 17.5 Å². The first-order valence-electron chi connectivity index (χ1n) is 8.00. The normalized spacial score (nSPS) is 11.2. The van der Waals surface area contributed by atoms with Gasteiger partial charge in [-0.15, -0.1) is 0 Å². The zero-order valence-electron chi connectivity index (χ0n) is 14.1. The Kier molecular flexibility index (Phi) is 5.23. The number of rotatable bonds is 6. The second-order valence-electron chi connectivity index (χ2n) is 5.81. The highest BCUT2D eigenvalue weighted by Crippen LogP contribution is 2.22. The number of hydrogen-bond acceptors (Lipinski definition) is 3. The summed E-state index contributed by atoms with van der Waals surface area (Å²) in [6.07, 6.45) is 0. The number of benzene rings is 3. The molecule has 0 unspecified atom stereocenters. The molecule has 0 saturated carbocycles. The highest BCUT2D eigenvalue weighted by Gasteiger charge is 2.15. The van der Waals surface area contributed by atoms with Crippen LogP contribution in [-0.2, 0) is 16.6 Å². The van der Waals surface area contributed by atoms with Gasteiger partial charge in [-0.1, -0.05) is 36.4 Å². The molecule has 0 saturated heterocycles. The van der Waals surface area contributed by atoms with Crippen molar-refractivity contribution in [1.82, 2.24) is 0 Å². The Bertz CT molecular complexity index is 987. The van der Waals surface area contributed by atoms with Gasteiger partial charge in [0, 0.05) is 0 Å². The zero-order valence-corrected chi connectivity index (χ0v) is 15.0. The third-order valence-corrected chi connectivity index (χ3v) is 5.21. The van der Waals surface area contributed by atoms with E-state index in [1.54, 1.807) is 19.1 Å². The van der Waals surface area contributed by atoms with Crippen molar-refractivity contribution in [2.45, 2.75) is 18.4 Å². The third kappa shape index (κ3) is 4.40. The van der Waals surface area contributed by atoms with Crippen LogP contribution in [0.1, 0.15) is 11.1 Å².